The second-order valence-electron chi connectivity index (χ2n) is 3.97. The Balaban J connectivity index is 3.82. The van der Waals surface area contributed by atoms with Crippen molar-refractivity contribution in [2.45, 2.75) is 39.0 Å². The Morgan fingerprint density at radius 1 is 1.07 bits per heavy atom. The maximum absolute atomic E-state index is 6.00. The summed E-state index contributed by atoms with van der Waals surface area (Å²) in [6.07, 6.45) is 5.68. The fraction of sp³-hybridized carbons (Fsp3) is 1.00. The average molecular weight is 241 g/mol. The first-order valence-corrected chi connectivity index (χ1v) is 6.42. The van der Waals surface area contributed by atoms with Gasteiger partial charge in [0.1, 0.15) is 0 Å². The monoisotopic (exact) mass is 240 g/mol. The molecule has 14 heavy (non-hydrogen) atoms. The third-order valence-electron chi connectivity index (χ3n) is 2.65. The van der Waals surface area contributed by atoms with Gasteiger partial charge in [0.05, 0.1) is 0 Å². The fourth-order valence-electron chi connectivity index (χ4n) is 1.70. The maximum Gasteiger partial charge on any atom is 0.0462 e. The summed E-state index contributed by atoms with van der Waals surface area (Å²) in [4.78, 5) is 0. The van der Waals surface area contributed by atoms with Crippen LogP contribution in [0.1, 0.15) is 39.0 Å². The molecule has 0 aliphatic heterocycles. The minimum absolute atomic E-state index is 0.158. The van der Waals surface area contributed by atoms with Gasteiger partial charge in [0.2, 0.25) is 0 Å². The summed E-state index contributed by atoms with van der Waals surface area (Å²) >= 11 is 12.0. The van der Waals surface area contributed by atoms with E-state index in [1.54, 1.807) is 7.11 Å². The number of alkyl halides is 2. The smallest absolute Gasteiger partial charge is 0.0462 e. The summed E-state index contributed by atoms with van der Waals surface area (Å²) in [5, 5.41) is 0. The topological polar surface area (TPSA) is 9.23 Å². The molecular weight excluding hydrogens is 219 g/mol. The van der Waals surface area contributed by atoms with Crippen LogP contribution in [0.3, 0.4) is 0 Å². The molecule has 0 atom stereocenters. The van der Waals surface area contributed by atoms with E-state index in [2.05, 4.69) is 6.92 Å². The van der Waals surface area contributed by atoms with Gasteiger partial charge in [-0.3, -0.25) is 0 Å². The molecule has 0 saturated carbocycles. The number of hydrogen-bond donors (Lipinski definition) is 0. The molecule has 0 rings (SSSR count). The zero-order chi connectivity index (χ0) is 10.9. The van der Waals surface area contributed by atoms with Gasteiger partial charge in [0, 0.05) is 25.5 Å². The van der Waals surface area contributed by atoms with Crippen molar-refractivity contribution in [2.24, 2.45) is 5.41 Å². The average Bonchev–Trinajstić information content (AvgIpc) is 2.23. The van der Waals surface area contributed by atoms with Crippen LogP contribution in [0.4, 0.5) is 0 Å². The normalized spacial score (nSPS) is 12.0. The van der Waals surface area contributed by atoms with E-state index in [1.807, 2.05) is 0 Å². The van der Waals surface area contributed by atoms with Gasteiger partial charge in [-0.2, -0.15) is 0 Å². The third kappa shape index (κ3) is 5.43. The van der Waals surface area contributed by atoms with Crippen molar-refractivity contribution in [3.63, 3.8) is 0 Å². The zero-order valence-electron chi connectivity index (χ0n) is 9.32. The van der Waals surface area contributed by atoms with E-state index in [1.165, 1.54) is 0 Å². The lowest BCUT2D eigenvalue weighted by molar-refractivity contribution is 0.185. The summed E-state index contributed by atoms with van der Waals surface area (Å²) in [6, 6.07) is 0. The van der Waals surface area contributed by atoms with Gasteiger partial charge in [0.15, 0.2) is 0 Å². The van der Waals surface area contributed by atoms with Crippen LogP contribution in [0.25, 0.3) is 0 Å². The molecule has 0 unspecified atom stereocenters. The van der Waals surface area contributed by atoms with E-state index < -0.39 is 0 Å². The van der Waals surface area contributed by atoms with Crippen molar-refractivity contribution in [1.82, 2.24) is 0 Å². The molecule has 0 aromatic carbocycles. The van der Waals surface area contributed by atoms with E-state index >= 15 is 0 Å². The first-order chi connectivity index (χ1) is 6.74. The number of rotatable bonds is 9. The molecular formula is C11H22Cl2O. The fourth-order valence-corrected chi connectivity index (χ4v) is 2.52. The molecule has 3 heteroatoms. The first kappa shape index (κ1) is 14.5. The minimum Gasteiger partial charge on any atom is -0.385 e. The molecule has 0 aromatic heterocycles. The van der Waals surface area contributed by atoms with Crippen LogP contribution < -0.4 is 0 Å². The summed E-state index contributed by atoms with van der Waals surface area (Å²) in [5.41, 5.74) is 0.158. The van der Waals surface area contributed by atoms with Crippen molar-refractivity contribution in [1.29, 1.82) is 0 Å². The highest BCUT2D eigenvalue weighted by molar-refractivity contribution is 6.21. The van der Waals surface area contributed by atoms with Crippen LogP contribution in [0, 0.1) is 5.41 Å². The molecule has 0 saturated heterocycles. The van der Waals surface area contributed by atoms with Crippen LogP contribution in [-0.2, 0) is 4.74 Å². The Hall–Kier alpha value is 0.540. The van der Waals surface area contributed by atoms with Gasteiger partial charge in [-0.25, -0.2) is 0 Å². The Morgan fingerprint density at radius 3 is 2.14 bits per heavy atom. The van der Waals surface area contributed by atoms with Crippen LogP contribution in [0.5, 0.6) is 0 Å². The van der Waals surface area contributed by atoms with Crippen molar-refractivity contribution in [3.8, 4) is 0 Å². The maximum atomic E-state index is 6.00. The summed E-state index contributed by atoms with van der Waals surface area (Å²) < 4.78 is 5.02. The van der Waals surface area contributed by atoms with Crippen LogP contribution in [0.2, 0.25) is 0 Å². The lowest BCUT2D eigenvalue weighted by Crippen LogP contribution is -2.25. The molecule has 86 valence electrons. The molecule has 0 amide bonds. The molecule has 0 bridgehead atoms. The van der Waals surface area contributed by atoms with Crippen molar-refractivity contribution in [2.75, 3.05) is 25.5 Å². The number of unbranched alkanes of at least 4 members (excludes halogenated alkanes) is 1. The van der Waals surface area contributed by atoms with Gasteiger partial charge >= 0.3 is 0 Å². The first-order valence-electron chi connectivity index (χ1n) is 5.35. The highest BCUT2D eigenvalue weighted by Crippen LogP contribution is 2.33. The van der Waals surface area contributed by atoms with Crippen molar-refractivity contribution < 1.29 is 4.74 Å². The Kier molecular flexibility index (Phi) is 9.16. The third-order valence-corrected chi connectivity index (χ3v) is 3.79. The van der Waals surface area contributed by atoms with Gasteiger partial charge in [-0.1, -0.05) is 19.8 Å². The van der Waals surface area contributed by atoms with Crippen LogP contribution in [0.15, 0.2) is 0 Å². The standard InChI is InChI=1S/C11H22Cl2O/c1-3-6-11(9-12,10-13)7-4-5-8-14-2/h3-10H2,1-2H3. The molecule has 0 aliphatic carbocycles. The van der Waals surface area contributed by atoms with E-state index in [0.717, 1.165) is 38.7 Å². The van der Waals surface area contributed by atoms with Gasteiger partial charge in [0.25, 0.3) is 0 Å². The number of hydrogen-bond acceptors (Lipinski definition) is 1. The predicted octanol–water partition coefficient (Wildman–Crippen LogP) is 4.07. The Morgan fingerprint density at radius 2 is 1.71 bits per heavy atom. The van der Waals surface area contributed by atoms with Crippen molar-refractivity contribution >= 4 is 23.2 Å². The molecule has 1 nitrogen and oxygen atoms in total. The SMILES string of the molecule is CCCC(CCl)(CCl)CCCCOC. The van der Waals surface area contributed by atoms with E-state index in [4.69, 9.17) is 27.9 Å². The Bertz CT molecular complexity index is 124. The minimum atomic E-state index is 0.158. The summed E-state index contributed by atoms with van der Waals surface area (Å²) in [6.45, 7) is 3.02. The summed E-state index contributed by atoms with van der Waals surface area (Å²) in [7, 11) is 1.74. The van der Waals surface area contributed by atoms with E-state index in [9.17, 15) is 0 Å². The molecule has 0 aromatic rings. The predicted molar refractivity (Wildman–Crippen MR) is 64.5 cm³/mol. The zero-order valence-corrected chi connectivity index (χ0v) is 10.8. The molecule has 0 aliphatic rings. The lowest BCUT2D eigenvalue weighted by atomic mass is 9.82. The van der Waals surface area contributed by atoms with Gasteiger partial charge in [-0.15, -0.1) is 23.2 Å². The van der Waals surface area contributed by atoms with Crippen LogP contribution >= 0.6 is 23.2 Å². The van der Waals surface area contributed by atoms with E-state index in [0.29, 0.717) is 11.8 Å². The highest BCUT2D eigenvalue weighted by Gasteiger charge is 2.26. The molecule has 0 heterocycles. The second-order valence-corrected chi connectivity index (χ2v) is 4.50. The lowest BCUT2D eigenvalue weighted by Gasteiger charge is -2.29. The number of ether oxygens (including phenoxy) is 1. The molecule has 0 N–H and O–H groups in total. The van der Waals surface area contributed by atoms with Gasteiger partial charge < -0.3 is 4.74 Å². The molecule has 0 spiro atoms. The largest absolute Gasteiger partial charge is 0.385 e. The molecule has 0 fully saturated rings. The highest BCUT2D eigenvalue weighted by atomic mass is 35.5. The Labute approximate surface area is 98.1 Å². The second kappa shape index (κ2) is 8.82. The van der Waals surface area contributed by atoms with Crippen molar-refractivity contribution in [3.05, 3.63) is 0 Å². The molecule has 0 radical (unpaired) electrons. The van der Waals surface area contributed by atoms with Crippen LogP contribution in [-0.4, -0.2) is 25.5 Å². The van der Waals surface area contributed by atoms with E-state index in [-0.39, 0.29) is 5.41 Å². The number of methoxy groups -OCH3 is 1. The summed E-state index contributed by atoms with van der Waals surface area (Å²) in [5.74, 6) is 1.36. The number of halogens is 2. The van der Waals surface area contributed by atoms with Gasteiger partial charge in [-0.05, 0) is 24.7 Å². The quantitative estimate of drug-likeness (QED) is 0.436.